The number of nitrogens with zero attached hydrogens (tertiary/aromatic N) is 2. The first kappa shape index (κ1) is 21.3. The van der Waals surface area contributed by atoms with Gasteiger partial charge in [0.1, 0.15) is 0 Å². The van der Waals surface area contributed by atoms with Gasteiger partial charge in [0, 0.05) is 36.2 Å². The number of amides is 1. The van der Waals surface area contributed by atoms with Gasteiger partial charge in [-0.1, -0.05) is 17.7 Å². The zero-order chi connectivity index (χ0) is 18.6. The summed E-state index contributed by atoms with van der Waals surface area (Å²) in [4.78, 5) is 19.3. The number of halogens is 2. The first-order valence-electron chi connectivity index (χ1n) is 9.95. The Bertz CT molecular complexity index is 810. The molecule has 2 atom stereocenters. The summed E-state index contributed by atoms with van der Waals surface area (Å²) in [6.45, 7) is 4.65. The Morgan fingerprint density at radius 1 is 1.32 bits per heavy atom. The SMILES string of the molecule is Cl.O=C(NCC1CCCN(Cc2cc(Cl)cc3cccnc23)C1)C1CCCN1. The molecule has 5 nitrogen and oxygen atoms in total. The molecule has 1 amide bonds. The Morgan fingerprint density at radius 2 is 2.21 bits per heavy atom. The molecule has 3 heterocycles. The van der Waals surface area contributed by atoms with Crippen LogP contribution in [0.5, 0.6) is 0 Å². The second-order valence-electron chi connectivity index (χ2n) is 7.78. The smallest absolute Gasteiger partial charge is 0.237 e. The van der Waals surface area contributed by atoms with Gasteiger partial charge in [0.15, 0.2) is 0 Å². The van der Waals surface area contributed by atoms with Gasteiger partial charge in [-0.15, -0.1) is 12.4 Å². The number of carbonyl (C=O) groups is 1. The van der Waals surface area contributed by atoms with Gasteiger partial charge in [0.2, 0.25) is 5.91 Å². The minimum atomic E-state index is 0. The summed E-state index contributed by atoms with van der Waals surface area (Å²) in [5.74, 6) is 0.664. The van der Waals surface area contributed by atoms with Gasteiger partial charge >= 0.3 is 0 Å². The second kappa shape index (κ2) is 9.88. The molecule has 1 aromatic heterocycles. The lowest BCUT2D eigenvalue weighted by Gasteiger charge is -2.33. The third kappa shape index (κ3) is 5.15. The highest BCUT2D eigenvalue weighted by molar-refractivity contribution is 6.31. The van der Waals surface area contributed by atoms with Crippen molar-refractivity contribution in [2.24, 2.45) is 5.92 Å². The Hall–Kier alpha value is -1.40. The number of fused-ring (bicyclic) bond motifs is 1. The maximum Gasteiger partial charge on any atom is 0.237 e. The van der Waals surface area contributed by atoms with Gasteiger partial charge in [-0.3, -0.25) is 14.7 Å². The van der Waals surface area contributed by atoms with Crippen LogP contribution in [0.3, 0.4) is 0 Å². The Labute approximate surface area is 177 Å². The molecule has 2 unspecified atom stereocenters. The fraction of sp³-hybridized carbons (Fsp3) is 0.524. The van der Waals surface area contributed by atoms with Crippen molar-refractivity contribution in [2.75, 3.05) is 26.2 Å². The van der Waals surface area contributed by atoms with Crippen molar-refractivity contribution in [2.45, 2.75) is 38.3 Å². The number of benzene rings is 1. The highest BCUT2D eigenvalue weighted by Gasteiger charge is 2.25. The van der Waals surface area contributed by atoms with Gasteiger partial charge in [-0.25, -0.2) is 0 Å². The van der Waals surface area contributed by atoms with Crippen molar-refractivity contribution in [3.05, 3.63) is 41.0 Å². The summed E-state index contributed by atoms with van der Waals surface area (Å²) >= 11 is 6.32. The van der Waals surface area contributed by atoms with Crippen LogP contribution in [0.1, 0.15) is 31.2 Å². The fourth-order valence-corrected chi connectivity index (χ4v) is 4.58. The molecule has 2 N–H and O–H groups in total. The van der Waals surface area contributed by atoms with Crippen LogP contribution in [-0.4, -0.2) is 48.0 Å². The van der Waals surface area contributed by atoms with E-state index in [2.05, 4.69) is 26.6 Å². The molecule has 152 valence electrons. The molecule has 0 saturated carbocycles. The van der Waals surface area contributed by atoms with Crippen molar-refractivity contribution < 1.29 is 4.79 Å². The molecule has 0 spiro atoms. The largest absolute Gasteiger partial charge is 0.354 e. The molecule has 0 aliphatic carbocycles. The van der Waals surface area contributed by atoms with E-state index in [1.807, 2.05) is 24.4 Å². The van der Waals surface area contributed by atoms with Crippen LogP contribution in [0.2, 0.25) is 5.02 Å². The van der Waals surface area contributed by atoms with E-state index >= 15 is 0 Å². The topological polar surface area (TPSA) is 57.3 Å². The number of nitrogens with one attached hydrogen (secondary N) is 2. The van der Waals surface area contributed by atoms with Crippen LogP contribution >= 0.6 is 24.0 Å². The van der Waals surface area contributed by atoms with Gasteiger partial charge in [0.05, 0.1) is 11.6 Å². The molecule has 7 heteroatoms. The quantitative estimate of drug-likeness (QED) is 0.774. The molecule has 2 fully saturated rings. The van der Waals surface area contributed by atoms with E-state index in [9.17, 15) is 4.79 Å². The van der Waals surface area contributed by atoms with Gasteiger partial charge < -0.3 is 10.6 Å². The van der Waals surface area contributed by atoms with E-state index in [1.165, 1.54) is 12.0 Å². The van der Waals surface area contributed by atoms with Crippen LogP contribution < -0.4 is 10.6 Å². The molecular formula is C21H28Cl2N4O. The van der Waals surface area contributed by atoms with E-state index in [0.29, 0.717) is 5.92 Å². The Kier molecular flexibility index (Phi) is 7.52. The summed E-state index contributed by atoms with van der Waals surface area (Å²) < 4.78 is 0. The molecule has 28 heavy (non-hydrogen) atoms. The number of carbonyl (C=O) groups excluding carboxylic acids is 1. The van der Waals surface area contributed by atoms with Gasteiger partial charge in [-0.2, -0.15) is 0 Å². The zero-order valence-electron chi connectivity index (χ0n) is 16.0. The molecule has 2 saturated heterocycles. The van der Waals surface area contributed by atoms with Crippen molar-refractivity contribution in [3.63, 3.8) is 0 Å². The average Bonchev–Trinajstić information content (AvgIpc) is 3.21. The van der Waals surface area contributed by atoms with Crippen LogP contribution in [0.4, 0.5) is 0 Å². The number of hydrogen-bond donors (Lipinski definition) is 2. The molecule has 2 aliphatic rings. The van der Waals surface area contributed by atoms with Crippen LogP contribution in [0, 0.1) is 5.92 Å². The minimum absolute atomic E-state index is 0. The maximum atomic E-state index is 12.2. The lowest BCUT2D eigenvalue weighted by atomic mass is 9.97. The third-order valence-electron chi connectivity index (χ3n) is 5.69. The first-order chi connectivity index (χ1) is 13.2. The average molecular weight is 423 g/mol. The van der Waals surface area contributed by atoms with Crippen LogP contribution in [0.25, 0.3) is 10.9 Å². The van der Waals surface area contributed by atoms with E-state index in [1.54, 1.807) is 0 Å². The number of likely N-dealkylation sites (tertiary alicyclic amines) is 1. The number of hydrogen-bond acceptors (Lipinski definition) is 4. The predicted molar refractivity (Wildman–Crippen MR) is 116 cm³/mol. The standard InChI is InChI=1S/C21H27ClN4O.ClH/c22-18-10-16-5-1-8-24-20(16)17(11-18)14-26-9-3-4-15(13-26)12-25-21(27)19-6-2-7-23-19;/h1,5,8,10-11,15,19,23H,2-4,6-7,9,12-14H2,(H,25,27);1H. The molecule has 0 bridgehead atoms. The number of aromatic nitrogens is 1. The first-order valence-corrected chi connectivity index (χ1v) is 10.3. The number of rotatable bonds is 5. The number of piperidine rings is 1. The van der Waals surface area contributed by atoms with Crippen molar-refractivity contribution in [1.82, 2.24) is 20.5 Å². The third-order valence-corrected chi connectivity index (χ3v) is 5.91. The summed E-state index contributed by atoms with van der Waals surface area (Å²) in [6, 6.07) is 8.02. The van der Waals surface area contributed by atoms with Gasteiger partial charge in [-0.05, 0) is 68.5 Å². The van der Waals surface area contributed by atoms with Crippen LogP contribution in [0.15, 0.2) is 30.5 Å². The highest BCUT2D eigenvalue weighted by atomic mass is 35.5. The monoisotopic (exact) mass is 422 g/mol. The molecular weight excluding hydrogens is 395 g/mol. The molecule has 4 rings (SSSR count). The lowest BCUT2D eigenvalue weighted by molar-refractivity contribution is -0.123. The van der Waals surface area contributed by atoms with Crippen molar-refractivity contribution in [3.8, 4) is 0 Å². The van der Waals surface area contributed by atoms with E-state index in [4.69, 9.17) is 11.6 Å². The summed E-state index contributed by atoms with van der Waals surface area (Å²) in [5.41, 5.74) is 2.21. The Balaban J connectivity index is 0.00000225. The second-order valence-corrected chi connectivity index (χ2v) is 8.21. The van der Waals surface area contributed by atoms with Gasteiger partial charge in [0.25, 0.3) is 0 Å². The summed E-state index contributed by atoms with van der Waals surface area (Å²) in [5, 5.41) is 8.27. The highest BCUT2D eigenvalue weighted by Crippen LogP contribution is 2.25. The maximum absolute atomic E-state index is 12.2. The predicted octanol–water partition coefficient (Wildman–Crippen LogP) is 3.39. The van der Waals surface area contributed by atoms with Crippen molar-refractivity contribution in [1.29, 1.82) is 0 Å². The molecule has 0 radical (unpaired) electrons. The Morgan fingerprint density at radius 3 is 3.04 bits per heavy atom. The number of pyridine rings is 1. The summed E-state index contributed by atoms with van der Waals surface area (Å²) in [7, 11) is 0. The zero-order valence-corrected chi connectivity index (χ0v) is 17.6. The van der Waals surface area contributed by atoms with E-state index in [0.717, 1.165) is 67.9 Å². The fourth-order valence-electron chi connectivity index (χ4n) is 4.33. The van der Waals surface area contributed by atoms with E-state index in [-0.39, 0.29) is 24.4 Å². The van der Waals surface area contributed by atoms with E-state index < -0.39 is 0 Å². The molecule has 1 aromatic carbocycles. The molecule has 2 aromatic rings. The summed E-state index contributed by atoms with van der Waals surface area (Å²) in [6.07, 6.45) is 6.22. The van der Waals surface area contributed by atoms with Crippen molar-refractivity contribution >= 4 is 40.8 Å². The van der Waals surface area contributed by atoms with Crippen LogP contribution in [-0.2, 0) is 11.3 Å². The molecule has 2 aliphatic heterocycles. The normalized spacial score (nSPS) is 22.8. The lowest BCUT2D eigenvalue weighted by Crippen LogP contribution is -2.45. The minimum Gasteiger partial charge on any atom is -0.354 e.